The van der Waals surface area contributed by atoms with Gasteiger partial charge in [-0.2, -0.15) is 0 Å². The minimum Gasteiger partial charge on any atom is -0.355 e. The number of hydrogen-bond acceptors (Lipinski definition) is 3. The third-order valence-corrected chi connectivity index (χ3v) is 3.75. The Labute approximate surface area is 94.4 Å². The maximum Gasteiger partial charge on any atom is 0.151 e. The van der Waals surface area contributed by atoms with Crippen LogP contribution >= 0.6 is 11.6 Å². The van der Waals surface area contributed by atoms with Crippen molar-refractivity contribution in [3.05, 3.63) is 17.3 Å². The monoisotopic (exact) mass is 223 g/mol. The highest BCUT2D eigenvalue weighted by Crippen LogP contribution is 2.37. The van der Waals surface area contributed by atoms with Crippen LogP contribution in [0.25, 0.3) is 0 Å². The number of anilines is 1. The normalized spacial score (nSPS) is 29.5. The molecule has 2 atom stereocenters. The lowest BCUT2D eigenvalue weighted by Gasteiger charge is -2.32. The Morgan fingerprint density at radius 1 is 1.13 bits per heavy atom. The van der Waals surface area contributed by atoms with E-state index in [-0.39, 0.29) is 0 Å². The zero-order valence-corrected chi connectivity index (χ0v) is 9.32. The lowest BCUT2D eigenvalue weighted by Crippen LogP contribution is -2.36. The summed E-state index contributed by atoms with van der Waals surface area (Å²) < 4.78 is 0. The van der Waals surface area contributed by atoms with Crippen LogP contribution in [0.1, 0.15) is 19.3 Å². The van der Waals surface area contributed by atoms with E-state index in [0.29, 0.717) is 5.15 Å². The summed E-state index contributed by atoms with van der Waals surface area (Å²) in [6.45, 7) is 2.29. The molecule has 0 radical (unpaired) electrons. The first kappa shape index (κ1) is 9.40. The molecule has 2 unspecified atom stereocenters. The van der Waals surface area contributed by atoms with Gasteiger partial charge < -0.3 is 4.90 Å². The van der Waals surface area contributed by atoms with Crippen LogP contribution in [-0.4, -0.2) is 23.3 Å². The molecule has 2 bridgehead atoms. The second-order valence-electron chi connectivity index (χ2n) is 4.66. The number of aromatic nitrogens is 2. The van der Waals surface area contributed by atoms with Gasteiger partial charge in [0.15, 0.2) is 11.0 Å². The van der Waals surface area contributed by atoms with Gasteiger partial charge in [-0.25, -0.2) is 0 Å². The number of piperidine rings is 1. The summed E-state index contributed by atoms with van der Waals surface area (Å²) in [5.41, 5.74) is 0. The minimum absolute atomic E-state index is 0.471. The zero-order valence-electron chi connectivity index (χ0n) is 8.56. The first-order valence-corrected chi connectivity index (χ1v) is 5.93. The van der Waals surface area contributed by atoms with Gasteiger partial charge in [-0.15, -0.1) is 10.2 Å². The summed E-state index contributed by atoms with van der Waals surface area (Å²) in [5.74, 6) is 2.73. The summed E-state index contributed by atoms with van der Waals surface area (Å²) in [6.07, 6.45) is 4.20. The standard InChI is InChI=1S/C11H14ClN3/c12-10-3-4-11(14-13-10)15-6-8-1-2-9(5-8)7-15/h3-4,8-9H,1-2,5-7H2. The van der Waals surface area contributed by atoms with Gasteiger partial charge in [-0.3, -0.25) is 0 Å². The van der Waals surface area contributed by atoms with Gasteiger partial charge in [0, 0.05) is 13.1 Å². The Balaban J connectivity index is 1.80. The van der Waals surface area contributed by atoms with E-state index in [9.17, 15) is 0 Å². The van der Waals surface area contributed by atoms with E-state index in [2.05, 4.69) is 15.1 Å². The summed E-state index contributed by atoms with van der Waals surface area (Å²) in [7, 11) is 0. The molecule has 1 aromatic rings. The molecule has 1 saturated carbocycles. The molecule has 4 heteroatoms. The molecular weight excluding hydrogens is 210 g/mol. The average Bonchev–Trinajstić information content (AvgIpc) is 2.59. The fraction of sp³-hybridized carbons (Fsp3) is 0.636. The predicted molar refractivity (Wildman–Crippen MR) is 60.1 cm³/mol. The molecule has 2 heterocycles. The van der Waals surface area contributed by atoms with Crippen molar-refractivity contribution in [2.24, 2.45) is 11.8 Å². The second kappa shape index (κ2) is 3.63. The highest BCUT2D eigenvalue weighted by atomic mass is 35.5. The molecule has 1 saturated heterocycles. The minimum atomic E-state index is 0.471. The Bertz CT molecular complexity index is 339. The van der Waals surface area contributed by atoms with Gasteiger partial charge in [-0.1, -0.05) is 11.6 Å². The molecule has 0 amide bonds. The first-order valence-electron chi connectivity index (χ1n) is 5.55. The van der Waals surface area contributed by atoms with Crippen LogP contribution in [0.4, 0.5) is 5.82 Å². The topological polar surface area (TPSA) is 29.0 Å². The SMILES string of the molecule is Clc1ccc(N2CC3CCC(C3)C2)nn1. The first-order chi connectivity index (χ1) is 7.31. The van der Waals surface area contributed by atoms with Gasteiger partial charge in [0.2, 0.25) is 0 Å². The maximum atomic E-state index is 5.73. The number of nitrogens with zero attached hydrogens (tertiary/aromatic N) is 3. The van der Waals surface area contributed by atoms with Crippen LogP contribution in [0.5, 0.6) is 0 Å². The Kier molecular flexibility index (Phi) is 2.28. The Hall–Kier alpha value is -0.830. The van der Waals surface area contributed by atoms with Crippen molar-refractivity contribution in [3.63, 3.8) is 0 Å². The molecule has 0 spiro atoms. The van der Waals surface area contributed by atoms with E-state index in [4.69, 9.17) is 11.6 Å². The molecule has 1 aromatic heterocycles. The highest BCUT2D eigenvalue weighted by molar-refractivity contribution is 6.29. The summed E-state index contributed by atoms with van der Waals surface area (Å²) in [4.78, 5) is 2.36. The van der Waals surface area contributed by atoms with Gasteiger partial charge in [0.1, 0.15) is 0 Å². The number of halogens is 1. The predicted octanol–water partition coefficient (Wildman–Crippen LogP) is 2.37. The van der Waals surface area contributed by atoms with Gasteiger partial charge in [0.25, 0.3) is 0 Å². The van der Waals surface area contributed by atoms with E-state index in [1.807, 2.05) is 12.1 Å². The molecule has 80 valence electrons. The van der Waals surface area contributed by atoms with Crippen molar-refractivity contribution >= 4 is 17.4 Å². The average molecular weight is 224 g/mol. The van der Waals surface area contributed by atoms with Crippen molar-refractivity contribution in [2.75, 3.05) is 18.0 Å². The molecule has 0 aromatic carbocycles. The molecule has 2 fully saturated rings. The van der Waals surface area contributed by atoms with E-state index < -0.39 is 0 Å². The fourth-order valence-electron chi connectivity index (χ4n) is 2.87. The third kappa shape index (κ3) is 1.81. The number of fused-ring (bicyclic) bond motifs is 2. The molecule has 3 rings (SSSR count). The van der Waals surface area contributed by atoms with Crippen LogP contribution in [0.2, 0.25) is 5.15 Å². The van der Waals surface area contributed by atoms with Crippen LogP contribution < -0.4 is 4.90 Å². The van der Waals surface area contributed by atoms with Crippen LogP contribution in [0, 0.1) is 11.8 Å². The lowest BCUT2D eigenvalue weighted by molar-refractivity contribution is 0.418. The van der Waals surface area contributed by atoms with Crippen LogP contribution in [0.15, 0.2) is 12.1 Å². The van der Waals surface area contributed by atoms with E-state index in [1.165, 1.54) is 19.3 Å². The van der Waals surface area contributed by atoms with E-state index >= 15 is 0 Å². The molecule has 1 aliphatic heterocycles. The van der Waals surface area contributed by atoms with Crippen molar-refractivity contribution in [3.8, 4) is 0 Å². The fourth-order valence-corrected chi connectivity index (χ4v) is 2.97. The van der Waals surface area contributed by atoms with Crippen molar-refractivity contribution in [1.29, 1.82) is 0 Å². The highest BCUT2D eigenvalue weighted by Gasteiger charge is 2.33. The molecule has 15 heavy (non-hydrogen) atoms. The second-order valence-corrected chi connectivity index (χ2v) is 5.05. The van der Waals surface area contributed by atoms with Crippen LogP contribution in [-0.2, 0) is 0 Å². The Morgan fingerprint density at radius 3 is 2.47 bits per heavy atom. The van der Waals surface area contributed by atoms with Gasteiger partial charge in [-0.05, 0) is 43.2 Å². The van der Waals surface area contributed by atoms with E-state index in [0.717, 1.165) is 30.7 Å². The Morgan fingerprint density at radius 2 is 1.87 bits per heavy atom. The molecule has 1 aliphatic carbocycles. The van der Waals surface area contributed by atoms with Crippen molar-refractivity contribution in [2.45, 2.75) is 19.3 Å². The summed E-state index contributed by atoms with van der Waals surface area (Å²) in [6, 6.07) is 3.79. The zero-order chi connectivity index (χ0) is 10.3. The third-order valence-electron chi connectivity index (χ3n) is 3.55. The molecule has 2 aliphatic rings. The smallest absolute Gasteiger partial charge is 0.151 e. The van der Waals surface area contributed by atoms with Gasteiger partial charge >= 0.3 is 0 Å². The van der Waals surface area contributed by atoms with Crippen molar-refractivity contribution < 1.29 is 0 Å². The summed E-state index contributed by atoms with van der Waals surface area (Å²) in [5, 5.41) is 8.51. The molecular formula is C11H14ClN3. The van der Waals surface area contributed by atoms with E-state index in [1.54, 1.807) is 0 Å². The van der Waals surface area contributed by atoms with Crippen molar-refractivity contribution in [1.82, 2.24) is 10.2 Å². The lowest BCUT2D eigenvalue weighted by atomic mass is 9.99. The van der Waals surface area contributed by atoms with Gasteiger partial charge in [0.05, 0.1) is 0 Å². The largest absolute Gasteiger partial charge is 0.355 e. The summed E-state index contributed by atoms with van der Waals surface area (Å²) >= 11 is 5.73. The molecule has 0 N–H and O–H groups in total. The molecule has 3 nitrogen and oxygen atoms in total. The number of rotatable bonds is 1. The van der Waals surface area contributed by atoms with Crippen LogP contribution in [0.3, 0.4) is 0 Å². The maximum absolute atomic E-state index is 5.73. The quantitative estimate of drug-likeness (QED) is 0.732. The number of hydrogen-bond donors (Lipinski definition) is 0.